The quantitative estimate of drug-likeness (QED) is 0.886. The van der Waals surface area contributed by atoms with Gasteiger partial charge in [-0.05, 0) is 43.4 Å². The van der Waals surface area contributed by atoms with E-state index in [4.69, 9.17) is 9.47 Å². The molecule has 2 saturated heterocycles. The van der Waals surface area contributed by atoms with Crippen LogP contribution in [-0.2, 0) is 11.3 Å². The number of ether oxygens (including phenoxy) is 2. The Morgan fingerprint density at radius 1 is 1.11 bits per heavy atom. The van der Waals surface area contributed by atoms with Crippen LogP contribution >= 0.6 is 0 Å². The molecule has 2 atom stereocenters. The van der Waals surface area contributed by atoms with Gasteiger partial charge in [0.15, 0.2) is 0 Å². The zero-order valence-electron chi connectivity index (χ0n) is 10.9. The maximum absolute atomic E-state index is 6.04. The molecule has 1 N–H and O–H groups in total. The minimum absolute atomic E-state index is 0.436. The molecule has 98 valence electrons. The molecule has 0 saturated carbocycles. The molecule has 1 aromatic rings. The van der Waals surface area contributed by atoms with E-state index in [1.807, 2.05) is 12.1 Å². The van der Waals surface area contributed by atoms with E-state index < -0.39 is 0 Å². The smallest absolute Gasteiger partial charge is 0.118 e. The summed E-state index contributed by atoms with van der Waals surface area (Å²) in [5.74, 6) is 0.902. The SMILES string of the molecule is COc1ccc(COC2CC3CCC(C2)N3)cc1. The van der Waals surface area contributed by atoms with Gasteiger partial charge in [0.1, 0.15) is 5.75 Å². The number of hydrogen-bond acceptors (Lipinski definition) is 3. The molecular formula is C15H21NO2. The van der Waals surface area contributed by atoms with E-state index in [1.165, 1.54) is 31.2 Å². The molecule has 0 aliphatic carbocycles. The first-order valence-corrected chi connectivity index (χ1v) is 6.84. The third kappa shape index (κ3) is 2.68. The summed E-state index contributed by atoms with van der Waals surface area (Å²) in [7, 11) is 1.69. The summed E-state index contributed by atoms with van der Waals surface area (Å²) in [6, 6.07) is 9.54. The number of benzene rings is 1. The molecule has 2 fully saturated rings. The van der Waals surface area contributed by atoms with Crippen LogP contribution in [-0.4, -0.2) is 25.3 Å². The van der Waals surface area contributed by atoms with Crippen molar-refractivity contribution in [2.24, 2.45) is 0 Å². The molecule has 1 aromatic carbocycles. The molecule has 2 aliphatic rings. The van der Waals surface area contributed by atoms with Gasteiger partial charge >= 0.3 is 0 Å². The van der Waals surface area contributed by atoms with Gasteiger partial charge in [-0.1, -0.05) is 12.1 Å². The Bertz CT molecular complexity index is 378. The fourth-order valence-corrected chi connectivity index (χ4v) is 3.08. The maximum Gasteiger partial charge on any atom is 0.118 e. The lowest BCUT2D eigenvalue weighted by Crippen LogP contribution is -2.41. The zero-order valence-corrected chi connectivity index (χ0v) is 10.9. The van der Waals surface area contributed by atoms with Crippen molar-refractivity contribution in [1.82, 2.24) is 5.32 Å². The normalized spacial score (nSPS) is 30.4. The highest BCUT2D eigenvalue weighted by atomic mass is 16.5. The third-order valence-electron chi connectivity index (χ3n) is 4.07. The Balaban J connectivity index is 1.51. The molecule has 0 amide bonds. The molecule has 3 heteroatoms. The second kappa shape index (κ2) is 5.29. The summed E-state index contributed by atoms with van der Waals surface area (Å²) < 4.78 is 11.2. The second-order valence-electron chi connectivity index (χ2n) is 5.39. The average Bonchev–Trinajstić information content (AvgIpc) is 2.76. The van der Waals surface area contributed by atoms with Gasteiger partial charge in [-0.2, -0.15) is 0 Å². The van der Waals surface area contributed by atoms with Crippen molar-refractivity contribution in [2.75, 3.05) is 7.11 Å². The Morgan fingerprint density at radius 3 is 2.39 bits per heavy atom. The Morgan fingerprint density at radius 2 is 1.78 bits per heavy atom. The lowest BCUT2D eigenvalue weighted by Gasteiger charge is -2.29. The van der Waals surface area contributed by atoms with Crippen LogP contribution in [0.15, 0.2) is 24.3 Å². The maximum atomic E-state index is 6.04. The number of rotatable bonds is 4. The molecule has 0 aromatic heterocycles. The van der Waals surface area contributed by atoms with Crippen molar-refractivity contribution in [3.05, 3.63) is 29.8 Å². The van der Waals surface area contributed by atoms with E-state index in [2.05, 4.69) is 17.4 Å². The molecule has 0 radical (unpaired) electrons. The van der Waals surface area contributed by atoms with Gasteiger partial charge in [-0.15, -0.1) is 0 Å². The van der Waals surface area contributed by atoms with Crippen molar-refractivity contribution >= 4 is 0 Å². The summed E-state index contributed by atoms with van der Waals surface area (Å²) in [6.45, 7) is 0.716. The second-order valence-corrected chi connectivity index (χ2v) is 5.39. The van der Waals surface area contributed by atoms with Crippen molar-refractivity contribution in [1.29, 1.82) is 0 Å². The first kappa shape index (κ1) is 12.0. The molecular weight excluding hydrogens is 226 g/mol. The lowest BCUT2D eigenvalue weighted by molar-refractivity contribution is 0.00916. The van der Waals surface area contributed by atoms with Gasteiger partial charge in [0.2, 0.25) is 0 Å². The predicted octanol–water partition coefficient (Wildman–Crippen LogP) is 2.49. The highest BCUT2D eigenvalue weighted by Crippen LogP contribution is 2.29. The minimum atomic E-state index is 0.436. The summed E-state index contributed by atoms with van der Waals surface area (Å²) in [5, 5.41) is 3.64. The Labute approximate surface area is 108 Å². The van der Waals surface area contributed by atoms with Crippen LogP contribution in [0.5, 0.6) is 5.75 Å². The van der Waals surface area contributed by atoms with Crippen LogP contribution in [0.2, 0.25) is 0 Å². The van der Waals surface area contributed by atoms with Gasteiger partial charge in [0.25, 0.3) is 0 Å². The fourth-order valence-electron chi connectivity index (χ4n) is 3.08. The zero-order chi connectivity index (χ0) is 12.4. The number of methoxy groups -OCH3 is 1. The van der Waals surface area contributed by atoms with Crippen molar-refractivity contribution in [2.45, 2.75) is 50.5 Å². The van der Waals surface area contributed by atoms with Gasteiger partial charge in [-0.25, -0.2) is 0 Å². The van der Waals surface area contributed by atoms with Crippen molar-refractivity contribution in [3.63, 3.8) is 0 Å². The van der Waals surface area contributed by atoms with Gasteiger partial charge < -0.3 is 14.8 Å². The van der Waals surface area contributed by atoms with Crippen molar-refractivity contribution < 1.29 is 9.47 Å². The average molecular weight is 247 g/mol. The highest BCUT2D eigenvalue weighted by Gasteiger charge is 2.33. The van der Waals surface area contributed by atoms with Crippen molar-refractivity contribution in [3.8, 4) is 5.75 Å². The lowest BCUT2D eigenvalue weighted by atomic mass is 10.0. The molecule has 2 aliphatic heterocycles. The van der Waals surface area contributed by atoms with Crippen LogP contribution < -0.4 is 10.1 Å². The molecule has 3 nitrogen and oxygen atoms in total. The molecule has 2 heterocycles. The van der Waals surface area contributed by atoms with E-state index in [0.29, 0.717) is 24.8 Å². The van der Waals surface area contributed by atoms with Crippen LogP contribution in [0.3, 0.4) is 0 Å². The summed E-state index contributed by atoms with van der Waals surface area (Å²) in [5.41, 5.74) is 1.22. The molecule has 2 unspecified atom stereocenters. The van der Waals surface area contributed by atoms with Gasteiger partial charge in [-0.3, -0.25) is 0 Å². The minimum Gasteiger partial charge on any atom is -0.497 e. The molecule has 3 rings (SSSR count). The topological polar surface area (TPSA) is 30.5 Å². The number of nitrogens with one attached hydrogen (secondary N) is 1. The summed E-state index contributed by atoms with van der Waals surface area (Å²) >= 11 is 0. The van der Waals surface area contributed by atoms with Gasteiger partial charge in [0, 0.05) is 12.1 Å². The molecule has 0 spiro atoms. The first-order chi connectivity index (χ1) is 8.83. The predicted molar refractivity (Wildman–Crippen MR) is 70.8 cm³/mol. The number of hydrogen-bond donors (Lipinski definition) is 1. The number of piperidine rings is 1. The Kier molecular flexibility index (Phi) is 3.52. The Hall–Kier alpha value is -1.06. The van der Waals surface area contributed by atoms with Crippen LogP contribution in [0.4, 0.5) is 0 Å². The van der Waals surface area contributed by atoms with Gasteiger partial charge in [0.05, 0.1) is 19.8 Å². The van der Waals surface area contributed by atoms with E-state index in [-0.39, 0.29) is 0 Å². The van der Waals surface area contributed by atoms with E-state index in [0.717, 1.165) is 5.75 Å². The van der Waals surface area contributed by atoms with E-state index >= 15 is 0 Å². The van der Waals surface area contributed by atoms with E-state index in [9.17, 15) is 0 Å². The monoisotopic (exact) mass is 247 g/mol. The summed E-state index contributed by atoms with van der Waals surface area (Å²) in [6.07, 6.45) is 5.44. The van der Waals surface area contributed by atoms with Crippen LogP contribution in [0.1, 0.15) is 31.2 Å². The largest absolute Gasteiger partial charge is 0.497 e. The van der Waals surface area contributed by atoms with Crippen LogP contribution in [0, 0.1) is 0 Å². The summed E-state index contributed by atoms with van der Waals surface area (Å²) in [4.78, 5) is 0. The van der Waals surface area contributed by atoms with E-state index in [1.54, 1.807) is 7.11 Å². The fraction of sp³-hybridized carbons (Fsp3) is 0.600. The van der Waals surface area contributed by atoms with Crippen LogP contribution in [0.25, 0.3) is 0 Å². The first-order valence-electron chi connectivity index (χ1n) is 6.84. The third-order valence-corrected chi connectivity index (χ3v) is 4.07. The highest BCUT2D eigenvalue weighted by molar-refractivity contribution is 5.26. The number of fused-ring (bicyclic) bond motifs is 2. The molecule has 2 bridgehead atoms. The standard InChI is InChI=1S/C15H21NO2/c1-17-14-6-2-11(3-7-14)10-18-15-8-12-4-5-13(9-15)16-12/h2-3,6-7,12-13,15-16H,4-5,8-10H2,1H3. The molecule has 18 heavy (non-hydrogen) atoms.